The summed E-state index contributed by atoms with van der Waals surface area (Å²) in [4.78, 5) is 49.3. The molecule has 1 aliphatic heterocycles. The molecule has 2 aromatic carbocycles. The molecule has 1 fully saturated rings. The fourth-order valence-corrected chi connectivity index (χ4v) is 4.67. The van der Waals surface area contributed by atoms with Crippen LogP contribution in [0.1, 0.15) is 41.6 Å². The Bertz CT molecular complexity index is 1200. The number of hydrazine groups is 1. The number of methoxy groups -OCH3 is 1. The average Bonchev–Trinajstić information content (AvgIpc) is 3.14. The number of benzene rings is 2. The molecule has 1 saturated heterocycles. The Hall–Kier alpha value is -3.77. The van der Waals surface area contributed by atoms with Gasteiger partial charge in [0.2, 0.25) is 5.91 Å². The van der Waals surface area contributed by atoms with Gasteiger partial charge in [-0.3, -0.25) is 40.2 Å². The fourth-order valence-electron chi connectivity index (χ4n) is 3.36. The molecule has 0 unspecified atom stereocenters. The van der Waals surface area contributed by atoms with Crippen LogP contribution in [0.5, 0.6) is 5.75 Å². The molecular formula is C24H24N4O6S2. The van der Waals surface area contributed by atoms with E-state index in [1.807, 2.05) is 24.3 Å². The van der Waals surface area contributed by atoms with E-state index in [0.29, 0.717) is 35.0 Å². The maximum absolute atomic E-state index is 12.7. The van der Waals surface area contributed by atoms with Gasteiger partial charge in [-0.15, -0.1) is 0 Å². The van der Waals surface area contributed by atoms with Gasteiger partial charge in [0.05, 0.1) is 16.9 Å². The van der Waals surface area contributed by atoms with E-state index in [4.69, 9.17) is 17.0 Å². The number of nitrogens with one attached hydrogen (secondary N) is 2. The van der Waals surface area contributed by atoms with Crippen LogP contribution in [0.15, 0.2) is 53.4 Å². The highest BCUT2D eigenvalue weighted by atomic mass is 32.2. The Kier molecular flexibility index (Phi) is 9.53. The number of carbonyl (C=O) groups excluding carboxylic acids is 3. The lowest BCUT2D eigenvalue weighted by molar-refractivity contribution is -0.385. The summed E-state index contributed by atoms with van der Waals surface area (Å²) in [6, 6.07) is 12.8. The third kappa shape index (κ3) is 7.12. The number of thioether (sulfide) groups is 1. The average molecular weight is 529 g/mol. The quantitative estimate of drug-likeness (QED) is 0.156. The van der Waals surface area contributed by atoms with Gasteiger partial charge in [-0.1, -0.05) is 54.7 Å². The maximum atomic E-state index is 12.7. The van der Waals surface area contributed by atoms with Gasteiger partial charge < -0.3 is 4.74 Å². The second kappa shape index (κ2) is 12.8. The normalized spacial score (nSPS) is 14.1. The first-order chi connectivity index (χ1) is 17.3. The van der Waals surface area contributed by atoms with E-state index < -0.39 is 16.7 Å². The molecule has 10 nitrogen and oxygen atoms in total. The van der Waals surface area contributed by atoms with Crippen LogP contribution in [0.3, 0.4) is 0 Å². The predicted octanol–water partition coefficient (Wildman–Crippen LogP) is 3.83. The number of hydrogen-bond acceptors (Lipinski definition) is 8. The van der Waals surface area contributed by atoms with Crippen LogP contribution in [0.25, 0.3) is 6.08 Å². The van der Waals surface area contributed by atoms with Gasteiger partial charge in [-0.05, 0) is 42.7 Å². The minimum atomic E-state index is -0.771. The molecule has 1 heterocycles. The van der Waals surface area contributed by atoms with Gasteiger partial charge in [0, 0.05) is 19.0 Å². The predicted molar refractivity (Wildman–Crippen MR) is 140 cm³/mol. The van der Waals surface area contributed by atoms with Gasteiger partial charge in [0.1, 0.15) is 15.6 Å². The number of hydrogen-bond donors (Lipinski definition) is 2. The summed E-state index contributed by atoms with van der Waals surface area (Å²) in [6.07, 6.45) is 3.79. The number of unbranched alkanes of at least 4 members (excludes halogenated alkanes) is 2. The molecule has 3 rings (SSSR count). The van der Waals surface area contributed by atoms with E-state index in [-0.39, 0.29) is 23.6 Å². The van der Waals surface area contributed by atoms with Crippen molar-refractivity contribution >= 4 is 57.8 Å². The van der Waals surface area contributed by atoms with Crippen molar-refractivity contribution in [2.45, 2.75) is 25.7 Å². The summed E-state index contributed by atoms with van der Waals surface area (Å²) < 4.78 is 5.64. The van der Waals surface area contributed by atoms with Crippen molar-refractivity contribution in [3.8, 4) is 5.75 Å². The minimum Gasteiger partial charge on any atom is -0.497 e. The SMILES string of the molecule is COc1ccc(/C=C2\SC(=S)N(CCCCCC(=O)NNC(=O)c3ccccc3[N+](=O)[O-])C2=O)cc1. The molecule has 0 spiro atoms. The second-order valence-electron chi connectivity index (χ2n) is 7.69. The Morgan fingerprint density at radius 1 is 1.11 bits per heavy atom. The van der Waals surface area contributed by atoms with Crippen molar-refractivity contribution in [3.05, 3.63) is 74.7 Å². The molecule has 0 bridgehead atoms. The molecule has 0 aromatic heterocycles. The maximum Gasteiger partial charge on any atom is 0.282 e. The van der Waals surface area contributed by atoms with Crippen molar-refractivity contribution in [1.82, 2.24) is 15.8 Å². The summed E-state index contributed by atoms with van der Waals surface area (Å²) in [5.41, 5.74) is 4.83. The van der Waals surface area contributed by atoms with Crippen molar-refractivity contribution in [3.63, 3.8) is 0 Å². The molecule has 36 heavy (non-hydrogen) atoms. The van der Waals surface area contributed by atoms with E-state index in [2.05, 4.69) is 10.9 Å². The van der Waals surface area contributed by atoms with Crippen LogP contribution in [0.2, 0.25) is 0 Å². The number of ether oxygens (including phenoxy) is 1. The van der Waals surface area contributed by atoms with Crippen LogP contribution in [-0.4, -0.2) is 45.5 Å². The van der Waals surface area contributed by atoms with E-state index in [0.717, 1.165) is 11.3 Å². The molecule has 2 N–H and O–H groups in total. The van der Waals surface area contributed by atoms with Crippen molar-refractivity contribution in [2.75, 3.05) is 13.7 Å². The third-order valence-electron chi connectivity index (χ3n) is 5.23. The Morgan fingerprint density at radius 3 is 2.53 bits per heavy atom. The molecule has 0 radical (unpaired) electrons. The highest BCUT2D eigenvalue weighted by Crippen LogP contribution is 2.33. The number of thiocarbonyl (C=S) groups is 1. The zero-order chi connectivity index (χ0) is 26.1. The second-order valence-corrected chi connectivity index (χ2v) is 9.37. The molecule has 3 amide bonds. The van der Waals surface area contributed by atoms with Crippen LogP contribution in [0.4, 0.5) is 5.69 Å². The zero-order valence-corrected chi connectivity index (χ0v) is 21.0. The molecule has 0 saturated carbocycles. The number of nitro groups is 1. The van der Waals surface area contributed by atoms with Gasteiger partial charge in [-0.25, -0.2) is 0 Å². The number of nitro benzene ring substituents is 1. The van der Waals surface area contributed by atoms with E-state index in [1.54, 1.807) is 18.1 Å². The van der Waals surface area contributed by atoms with Gasteiger partial charge in [0.15, 0.2) is 0 Å². The minimum absolute atomic E-state index is 0.142. The molecule has 0 aliphatic carbocycles. The monoisotopic (exact) mass is 528 g/mol. The van der Waals surface area contributed by atoms with E-state index in [9.17, 15) is 24.5 Å². The fraction of sp³-hybridized carbons (Fsp3) is 0.250. The number of nitrogens with zero attached hydrogens (tertiary/aromatic N) is 2. The topological polar surface area (TPSA) is 131 Å². The summed E-state index contributed by atoms with van der Waals surface area (Å²) in [7, 11) is 1.59. The summed E-state index contributed by atoms with van der Waals surface area (Å²) >= 11 is 6.61. The first-order valence-corrected chi connectivity index (χ1v) is 12.2. The summed E-state index contributed by atoms with van der Waals surface area (Å²) in [5.74, 6) is -0.602. The van der Waals surface area contributed by atoms with E-state index in [1.165, 1.54) is 36.0 Å². The highest BCUT2D eigenvalue weighted by Gasteiger charge is 2.31. The summed E-state index contributed by atoms with van der Waals surface area (Å²) in [6.45, 7) is 0.445. The molecule has 0 atom stereocenters. The largest absolute Gasteiger partial charge is 0.497 e. The Labute approximate surface area is 217 Å². The first kappa shape index (κ1) is 26.8. The highest BCUT2D eigenvalue weighted by molar-refractivity contribution is 8.26. The lowest BCUT2D eigenvalue weighted by Crippen LogP contribution is -2.41. The molecule has 188 valence electrons. The Balaban J connectivity index is 1.38. The first-order valence-electron chi connectivity index (χ1n) is 11.0. The van der Waals surface area contributed by atoms with Crippen LogP contribution in [0, 0.1) is 10.1 Å². The van der Waals surface area contributed by atoms with Crippen molar-refractivity contribution in [1.29, 1.82) is 0 Å². The molecule has 12 heteroatoms. The lowest BCUT2D eigenvalue weighted by atomic mass is 10.1. The summed E-state index contributed by atoms with van der Waals surface area (Å²) in [5, 5.41) is 11.0. The van der Waals surface area contributed by atoms with Crippen LogP contribution in [-0.2, 0) is 9.59 Å². The van der Waals surface area contributed by atoms with Crippen LogP contribution >= 0.6 is 24.0 Å². The third-order valence-corrected chi connectivity index (χ3v) is 6.61. The van der Waals surface area contributed by atoms with E-state index >= 15 is 0 Å². The number of amides is 3. The number of carbonyl (C=O) groups is 3. The smallest absolute Gasteiger partial charge is 0.282 e. The zero-order valence-electron chi connectivity index (χ0n) is 19.4. The Morgan fingerprint density at radius 2 is 1.83 bits per heavy atom. The van der Waals surface area contributed by atoms with Crippen molar-refractivity contribution < 1.29 is 24.0 Å². The molecule has 2 aromatic rings. The standard InChI is InChI=1S/C24H24N4O6S2/c1-34-17-12-10-16(11-13-17)15-20-23(31)27(24(35)36-20)14-6-2-3-9-21(29)25-26-22(30)18-7-4-5-8-19(18)28(32)33/h4-5,7-8,10-13,15H,2-3,6,9,14H2,1H3,(H,25,29)(H,26,30)/b20-15-. The van der Waals surface area contributed by atoms with Gasteiger partial charge in [-0.2, -0.15) is 0 Å². The lowest BCUT2D eigenvalue weighted by Gasteiger charge is -2.14. The van der Waals surface area contributed by atoms with Crippen LogP contribution < -0.4 is 15.6 Å². The number of para-hydroxylation sites is 1. The molecule has 1 aliphatic rings. The van der Waals surface area contributed by atoms with Gasteiger partial charge >= 0.3 is 0 Å². The molecular weight excluding hydrogens is 504 g/mol. The number of rotatable bonds is 10. The van der Waals surface area contributed by atoms with Crippen molar-refractivity contribution in [2.24, 2.45) is 0 Å². The van der Waals surface area contributed by atoms with Gasteiger partial charge in [0.25, 0.3) is 17.5 Å².